The van der Waals surface area contributed by atoms with E-state index in [4.69, 9.17) is 0 Å². The fraction of sp³-hybridized carbons (Fsp3) is 0.500. The van der Waals surface area contributed by atoms with E-state index in [1.807, 2.05) is 0 Å². The van der Waals surface area contributed by atoms with Gasteiger partial charge in [0, 0.05) is 12.6 Å². The summed E-state index contributed by atoms with van der Waals surface area (Å²) < 4.78 is 51.4. The molecule has 0 saturated carbocycles. The molecule has 1 aromatic heterocycles. The van der Waals surface area contributed by atoms with Crippen molar-refractivity contribution in [1.82, 2.24) is 25.1 Å². The Morgan fingerprint density at radius 3 is 2.58 bits per heavy atom. The van der Waals surface area contributed by atoms with Gasteiger partial charge in [-0.2, -0.15) is 13.2 Å². The third kappa shape index (κ3) is 3.88. The normalized spacial score (nSPS) is 22.2. The summed E-state index contributed by atoms with van der Waals surface area (Å²) in [7, 11) is 0. The van der Waals surface area contributed by atoms with E-state index >= 15 is 0 Å². The quantitative estimate of drug-likeness (QED) is 0.854. The lowest BCUT2D eigenvalue weighted by Gasteiger charge is -2.24. The second-order valence-electron chi connectivity index (χ2n) is 5.75. The lowest BCUT2D eigenvalue weighted by Crippen LogP contribution is -2.28. The molecule has 2 aromatic rings. The SMILES string of the molecule is O[C@H]1C[C@H](c2ccc(F)cc2)N(Cc2nnnn2CC(F)(F)F)C1. The van der Waals surface area contributed by atoms with Gasteiger partial charge in [-0.15, -0.1) is 5.10 Å². The highest BCUT2D eigenvalue weighted by molar-refractivity contribution is 5.21. The van der Waals surface area contributed by atoms with E-state index < -0.39 is 18.8 Å². The van der Waals surface area contributed by atoms with E-state index in [2.05, 4.69) is 15.5 Å². The van der Waals surface area contributed by atoms with Crippen LogP contribution < -0.4 is 0 Å². The first-order valence-corrected chi connectivity index (χ1v) is 7.31. The number of aliphatic hydroxyl groups is 1. The Kier molecular flexibility index (Phi) is 4.50. The highest BCUT2D eigenvalue weighted by Crippen LogP contribution is 2.33. The van der Waals surface area contributed by atoms with Crippen LogP contribution in [0, 0.1) is 5.82 Å². The monoisotopic (exact) mass is 345 g/mol. The molecule has 0 amide bonds. The molecule has 1 aliphatic rings. The van der Waals surface area contributed by atoms with E-state index in [0.717, 1.165) is 5.56 Å². The van der Waals surface area contributed by atoms with Gasteiger partial charge in [-0.3, -0.25) is 4.90 Å². The number of aromatic nitrogens is 4. The van der Waals surface area contributed by atoms with E-state index in [9.17, 15) is 22.7 Å². The Morgan fingerprint density at radius 2 is 1.92 bits per heavy atom. The van der Waals surface area contributed by atoms with Crippen molar-refractivity contribution in [1.29, 1.82) is 0 Å². The molecular weight excluding hydrogens is 330 g/mol. The zero-order valence-corrected chi connectivity index (χ0v) is 12.5. The number of aliphatic hydroxyl groups excluding tert-OH is 1. The molecule has 6 nitrogen and oxygen atoms in total. The van der Waals surface area contributed by atoms with Crippen molar-refractivity contribution in [2.75, 3.05) is 6.54 Å². The van der Waals surface area contributed by atoms with Gasteiger partial charge in [0.15, 0.2) is 5.82 Å². The number of hydrogen-bond acceptors (Lipinski definition) is 5. The summed E-state index contributed by atoms with van der Waals surface area (Å²) in [6.45, 7) is -0.934. The molecule has 24 heavy (non-hydrogen) atoms. The van der Waals surface area contributed by atoms with Gasteiger partial charge in [-0.25, -0.2) is 9.07 Å². The van der Waals surface area contributed by atoms with E-state index in [-0.39, 0.29) is 30.8 Å². The average Bonchev–Trinajstić information content (AvgIpc) is 3.06. The largest absolute Gasteiger partial charge is 0.408 e. The van der Waals surface area contributed by atoms with Crippen LogP contribution in [0.5, 0.6) is 0 Å². The van der Waals surface area contributed by atoms with Gasteiger partial charge >= 0.3 is 6.18 Å². The number of benzene rings is 1. The molecule has 10 heteroatoms. The molecule has 3 rings (SSSR count). The Hall–Kier alpha value is -2.07. The predicted molar refractivity (Wildman–Crippen MR) is 74.0 cm³/mol. The highest BCUT2D eigenvalue weighted by atomic mass is 19.4. The van der Waals surface area contributed by atoms with Crippen LogP contribution in [0.4, 0.5) is 17.6 Å². The number of nitrogens with zero attached hydrogens (tertiary/aromatic N) is 5. The third-order valence-corrected chi connectivity index (χ3v) is 3.92. The highest BCUT2D eigenvalue weighted by Gasteiger charge is 2.35. The second kappa shape index (κ2) is 6.44. The fourth-order valence-electron chi connectivity index (χ4n) is 2.90. The smallest absolute Gasteiger partial charge is 0.392 e. The van der Waals surface area contributed by atoms with Gasteiger partial charge in [-0.05, 0) is 34.5 Å². The molecule has 2 heterocycles. The molecule has 0 spiro atoms. The summed E-state index contributed by atoms with van der Waals surface area (Å²) in [4.78, 5) is 1.79. The number of β-amino-alcohol motifs (C(OH)–C–C–N with tert-alkyl or cyclic N) is 1. The summed E-state index contributed by atoms with van der Waals surface area (Å²) >= 11 is 0. The maximum Gasteiger partial charge on any atom is 0.408 e. The Morgan fingerprint density at radius 1 is 1.21 bits per heavy atom. The van der Waals surface area contributed by atoms with Crippen molar-refractivity contribution in [2.24, 2.45) is 0 Å². The molecule has 1 saturated heterocycles. The lowest BCUT2D eigenvalue weighted by atomic mass is 10.0. The number of halogens is 4. The second-order valence-corrected chi connectivity index (χ2v) is 5.75. The number of hydrogen-bond donors (Lipinski definition) is 1. The van der Waals surface area contributed by atoms with Crippen molar-refractivity contribution in [3.05, 3.63) is 41.5 Å². The Bertz CT molecular complexity index is 687. The first kappa shape index (κ1) is 16.8. The van der Waals surface area contributed by atoms with Crippen molar-refractivity contribution >= 4 is 0 Å². The standard InChI is InChI=1S/C14H15F4N5O/c15-10-3-1-9(2-4-10)12-5-11(24)6-22(12)7-13-19-20-21-23(13)8-14(16,17)18/h1-4,11-12,24H,5-8H2/t11-,12+/m0/s1. The minimum absolute atomic E-state index is 0.0577. The van der Waals surface area contributed by atoms with Crippen LogP contribution in [-0.4, -0.2) is 49.0 Å². The topological polar surface area (TPSA) is 67.1 Å². The van der Waals surface area contributed by atoms with Crippen molar-refractivity contribution in [3.8, 4) is 0 Å². The van der Waals surface area contributed by atoms with E-state index in [1.165, 1.54) is 12.1 Å². The Labute approximate surface area is 134 Å². The van der Waals surface area contributed by atoms with Crippen molar-refractivity contribution in [3.63, 3.8) is 0 Å². The maximum absolute atomic E-state index is 13.1. The van der Waals surface area contributed by atoms with Gasteiger partial charge in [0.05, 0.1) is 12.6 Å². The molecule has 0 radical (unpaired) electrons. The number of rotatable bonds is 4. The molecule has 1 aromatic carbocycles. The molecule has 1 fully saturated rings. The number of tetrazole rings is 1. The fourth-order valence-corrected chi connectivity index (χ4v) is 2.90. The zero-order valence-electron chi connectivity index (χ0n) is 12.5. The summed E-state index contributed by atoms with van der Waals surface area (Å²) in [5, 5.41) is 20.2. The Balaban J connectivity index is 1.78. The first-order chi connectivity index (χ1) is 11.3. The first-order valence-electron chi connectivity index (χ1n) is 7.31. The van der Waals surface area contributed by atoms with Gasteiger partial charge in [-0.1, -0.05) is 12.1 Å². The van der Waals surface area contributed by atoms with Gasteiger partial charge in [0.25, 0.3) is 0 Å². The molecule has 130 valence electrons. The molecule has 2 atom stereocenters. The average molecular weight is 345 g/mol. The summed E-state index contributed by atoms with van der Waals surface area (Å²) in [5.41, 5.74) is 0.780. The van der Waals surface area contributed by atoms with E-state index in [1.54, 1.807) is 17.0 Å². The van der Waals surface area contributed by atoms with Crippen molar-refractivity contribution < 1.29 is 22.7 Å². The molecular formula is C14H15F4N5O. The number of likely N-dealkylation sites (tertiary alicyclic amines) is 1. The summed E-state index contributed by atoms with van der Waals surface area (Å²) in [6.07, 6.45) is -4.63. The molecule has 1 N–H and O–H groups in total. The van der Waals surface area contributed by atoms with Crippen LogP contribution in [0.3, 0.4) is 0 Å². The van der Waals surface area contributed by atoms with Crippen LogP contribution in [0.2, 0.25) is 0 Å². The molecule has 0 unspecified atom stereocenters. The van der Waals surface area contributed by atoms with Crippen LogP contribution >= 0.6 is 0 Å². The third-order valence-electron chi connectivity index (χ3n) is 3.92. The number of alkyl halides is 3. The molecule has 0 bridgehead atoms. The minimum Gasteiger partial charge on any atom is -0.392 e. The summed E-state index contributed by atoms with van der Waals surface area (Å²) in [5.74, 6) is -0.313. The van der Waals surface area contributed by atoms with Gasteiger partial charge in [0.2, 0.25) is 0 Å². The van der Waals surface area contributed by atoms with Crippen LogP contribution in [0.15, 0.2) is 24.3 Å². The zero-order chi connectivity index (χ0) is 17.3. The van der Waals surface area contributed by atoms with E-state index in [0.29, 0.717) is 11.1 Å². The van der Waals surface area contributed by atoms with Crippen LogP contribution in [0.25, 0.3) is 0 Å². The molecule has 1 aliphatic heterocycles. The minimum atomic E-state index is -4.43. The predicted octanol–water partition coefficient (Wildman–Crippen LogP) is 1.68. The van der Waals surface area contributed by atoms with Gasteiger partial charge in [0.1, 0.15) is 12.4 Å². The lowest BCUT2D eigenvalue weighted by molar-refractivity contribution is -0.143. The maximum atomic E-state index is 13.1. The van der Waals surface area contributed by atoms with Crippen molar-refractivity contribution in [2.45, 2.75) is 37.8 Å². The molecule has 0 aliphatic carbocycles. The summed E-state index contributed by atoms with van der Waals surface area (Å²) in [6, 6.07) is 5.59. The van der Waals surface area contributed by atoms with Gasteiger partial charge < -0.3 is 5.11 Å². The van der Waals surface area contributed by atoms with Crippen LogP contribution in [0.1, 0.15) is 23.9 Å². The van der Waals surface area contributed by atoms with Crippen LogP contribution in [-0.2, 0) is 13.1 Å².